The van der Waals surface area contributed by atoms with E-state index in [4.69, 9.17) is 0 Å². The topological polar surface area (TPSA) is 12.9 Å². The first-order valence-corrected chi connectivity index (χ1v) is 3.93. The predicted octanol–water partition coefficient (Wildman–Crippen LogP) is 2.45. The molecule has 0 aromatic carbocycles. The maximum atomic E-state index is 3.91. The van der Waals surface area contributed by atoms with Gasteiger partial charge in [0.05, 0.1) is 0 Å². The summed E-state index contributed by atoms with van der Waals surface area (Å²) >= 11 is 5.56. The summed E-state index contributed by atoms with van der Waals surface area (Å²) in [7, 11) is 0. The van der Waals surface area contributed by atoms with Gasteiger partial charge in [-0.05, 0) is 44.6 Å². The summed E-state index contributed by atoms with van der Waals surface area (Å²) in [5.74, 6) is 0. The van der Waals surface area contributed by atoms with Crippen molar-refractivity contribution in [1.82, 2.24) is 4.98 Å². The van der Waals surface area contributed by atoms with Gasteiger partial charge < -0.3 is 0 Å². The zero-order valence-corrected chi connectivity index (χ0v) is 7.68. The molecular formula is C5H3BrIN. The van der Waals surface area contributed by atoms with E-state index in [1.807, 2.05) is 12.3 Å². The van der Waals surface area contributed by atoms with Gasteiger partial charge in [-0.2, -0.15) is 0 Å². The number of hydrogen-bond acceptors (Lipinski definition) is 1. The molecular weight excluding hydrogens is 281 g/mol. The van der Waals surface area contributed by atoms with Crippen LogP contribution in [-0.2, 0) is 0 Å². The Balaban J connectivity index is 3.13. The average Bonchev–Trinajstić information content (AvgIpc) is 1.77. The number of halogens is 2. The molecule has 0 radical (unpaired) electrons. The normalized spacial score (nSPS) is 9.25. The molecule has 0 amide bonds. The quantitative estimate of drug-likeness (QED) is 0.667. The average molecular weight is 284 g/mol. The van der Waals surface area contributed by atoms with E-state index in [0.29, 0.717) is 0 Å². The number of aromatic nitrogens is 1. The van der Waals surface area contributed by atoms with Gasteiger partial charge in [0.15, 0.2) is 0 Å². The summed E-state index contributed by atoms with van der Waals surface area (Å²) < 4.78 is 2.25. The van der Waals surface area contributed by atoms with E-state index < -0.39 is 0 Å². The molecule has 42 valence electrons. The molecule has 1 aromatic heterocycles. The molecule has 0 bridgehead atoms. The van der Waals surface area contributed by atoms with E-state index in [2.05, 4.69) is 43.5 Å². The van der Waals surface area contributed by atoms with E-state index >= 15 is 0 Å². The summed E-state index contributed by atoms with van der Waals surface area (Å²) in [6.07, 6.45) is 3.57. The van der Waals surface area contributed by atoms with Crippen molar-refractivity contribution < 1.29 is 0 Å². The van der Waals surface area contributed by atoms with Gasteiger partial charge in [0.2, 0.25) is 0 Å². The molecule has 0 aliphatic heterocycles. The summed E-state index contributed by atoms with van der Waals surface area (Å²) in [4.78, 5) is 3.91. The molecule has 0 spiro atoms. The Labute approximate surface area is 69.8 Å². The maximum absolute atomic E-state index is 3.91. The molecule has 8 heavy (non-hydrogen) atoms. The molecule has 3 heteroatoms. The SMILES string of the molecule is Brc1ccncc1I. The van der Waals surface area contributed by atoms with Crippen molar-refractivity contribution in [2.75, 3.05) is 0 Å². The number of rotatable bonds is 0. The Morgan fingerprint density at radius 2 is 2.38 bits per heavy atom. The number of nitrogens with zero attached hydrogens (tertiary/aromatic N) is 1. The van der Waals surface area contributed by atoms with E-state index in [0.717, 1.165) is 8.04 Å². The minimum absolute atomic E-state index is 1.10. The Bertz CT molecular complexity index is 169. The highest BCUT2D eigenvalue weighted by Gasteiger charge is 1.89. The Morgan fingerprint density at radius 3 is 2.75 bits per heavy atom. The monoisotopic (exact) mass is 283 g/mol. The highest BCUT2D eigenvalue weighted by atomic mass is 127. The van der Waals surface area contributed by atoms with Crippen LogP contribution in [0.5, 0.6) is 0 Å². The number of hydrogen-bond donors (Lipinski definition) is 0. The lowest BCUT2D eigenvalue weighted by Gasteiger charge is -1.88. The van der Waals surface area contributed by atoms with Crippen molar-refractivity contribution in [2.45, 2.75) is 0 Å². The van der Waals surface area contributed by atoms with Gasteiger partial charge in [-0.1, -0.05) is 0 Å². The summed E-state index contributed by atoms with van der Waals surface area (Å²) in [5, 5.41) is 0. The van der Waals surface area contributed by atoms with Gasteiger partial charge in [-0.25, -0.2) is 0 Å². The Morgan fingerprint density at radius 1 is 1.62 bits per heavy atom. The summed E-state index contributed by atoms with van der Waals surface area (Å²) in [6, 6.07) is 1.92. The van der Waals surface area contributed by atoms with Crippen LogP contribution in [0.2, 0.25) is 0 Å². The summed E-state index contributed by atoms with van der Waals surface area (Å²) in [5.41, 5.74) is 0. The third-order valence-corrected chi connectivity index (χ3v) is 3.02. The molecule has 0 N–H and O–H groups in total. The molecule has 0 aliphatic rings. The maximum Gasteiger partial charge on any atom is 0.0455 e. The zero-order valence-electron chi connectivity index (χ0n) is 3.94. The third-order valence-electron chi connectivity index (χ3n) is 0.723. The largest absolute Gasteiger partial charge is 0.264 e. The molecule has 0 saturated heterocycles. The lowest BCUT2D eigenvalue weighted by molar-refractivity contribution is 1.29. The van der Waals surface area contributed by atoms with Crippen LogP contribution >= 0.6 is 38.5 Å². The van der Waals surface area contributed by atoms with Gasteiger partial charge in [0.25, 0.3) is 0 Å². The Kier molecular flexibility index (Phi) is 2.25. The van der Waals surface area contributed by atoms with E-state index in [9.17, 15) is 0 Å². The molecule has 0 fully saturated rings. The first-order valence-electron chi connectivity index (χ1n) is 2.06. The first-order chi connectivity index (χ1) is 3.80. The van der Waals surface area contributed by atoms with Crippen molar-refractivity contribution in [2.24, 2.45) is 0 Å². The van der Waals surface area contributed by atoms with Crippen LogP contribution in [0.1, 0.15) is 0 Å². The first kappa shape index (κ1) is 6.48. The third kappa shape index (κ3) is 1.42. The van der Waals surface area contributed by atoms with Crippen molar-refractivity contribution in [3.8, 4) is 0 Å². The molecule has 1 aromatic rings. The van der Waals surface area contributed by atoms with Gasteiger partial charge >= 0.3 is 0 Å². The van der Waals surface area contributed by atoms with Crippen LogP contribution in [0.15, 0.2) is 22.9 Å². The van der Waals surface area contributed by atoms with Crippen molar-refractivity contribution >= 4 is 38.5 Å². The van der Waals surface area contributed by atoms with Crippen molar-refractivity contribution in [3.63, 3.8) is 0 Å². The van der Waals surface area contributed by atoms with Gasteiger partial charge in [-0.15, -0.1) is 0 Å². The molecule has 1 rings (SSSR count). The summed E-state index contributed by atoms with van der Waals surface area (Å²) in [6.45, 7) is 0. The van der Waals surface area contributed by atoms with E-state index in [1.54, 1.807) is 6.20 Å². The molecule has 1 heterocycles. The standard InChI is InChI=1S/C5H3BrIN/c6-4-1-2-8-3-5(4)7/h1-3H. The lowest BCUT2D eigenvalue weighted by Crippen LogP contribution is -1.73. The minimum atomic E-state index is 1.10. The van der Waals surface area contributed by atoms with Gasteiger partial charge in [-0.3, -0.25) is 4.98 Å². The minimum Gasteiger partial charge on any atom is -0.264 e. The second-order valence-electron chi connectivity index (χ2n) is 1.29. The lowest BCUT2D eigenvalue weighted by atomic mass is 10.5. The second kappa shape index (κ2) is 2.77. The molecule has 0 atom stereocenters. The fraction of sp³-hybridized carbons (Fsp3) is 0. The predicted molar refractivity (Wildman–Crippen MR) is 44.7 cm³/mol. The van der Waals surface area contributed by atoms with Gasteiger partial charge in [0, 0.05) is 20.4 Å². The Hall–Kier alpha value is 0.360. The number of pyridine rings is 1. The molecule has 0 aliphatic carbocycles. The van der Waals surface area contributed by atoms with Crippen molar-refractivity contribution in [3.05, 3.63) is 26.5 Å². The second-order valence-corrected chi connectivity index (χ2v) is 3.31. The smallest absolute Gasteiger partial charge is 0.0455 e. The highest BCUT2D eigenvalue weighted by molar-refractivity contribution is 14.1. The molecule has 1 nitrogen and oxygen atoms in total. The van der Waals surface area contributed by atoms with Crippen LogP contribution in [-0.4, -0.2) is 4.98 Å². The van der Waals surface area contributed by atoms with E-state index in [1.165, 1.54) is 0 Å². The van der Waals surface area contributed by atoms with Crippen LogP contribution in [0, 0.1) is 3.57 Å². The van der Waals surface area contributed by atoms with Crippen LogP contribution in [0.4, 0.5) is 0 Å². The van der Waals surface area contributed by atoms with Crippen molar-refractivity contribution in [1.29, 1.82) is 0 Å². The highest BCUT2D eigenvalue weighted by Crippen LogP contribution is 2.15. The molecule has 0 unspecified atom stereocenters. The molecule has 0 saturated carbocycles. The van der Waals surface area contributed by atoms with Crippen LogP contribution < -0.4 is 0 Å². The fourth-order valence-corrected chi connectivity index (χ4v) is 0.919. The van der Waals surface area contributed by atoms with Gasteiger partial charge in [0.1, 0.15) is 0 Å². The zero-order chi connectivity index (χ0) is 5.98. The van der Waals surface area contributed by atoms with Crippen LogP contribution in [0.25, 0.3) is 0 Å². The van der Waals surface area contributed by atoms with Crippen LogP contribution in [0.3, 0.4) is 0 Å². The fourth-order valence-electron chi connectivity index (χ4n) is 0.358. The van der Waals surface area contributed by atoms with E-state index in [-0.39, 0.29) is 0 Å².